The average molecular weight is 490 g/mol. The number of fused-ring (bicyclic) bond motifs is 2. The van der Waals surface area contributed by atoms with E-state index in [1.807, 2.05) is 26.8 Å². The Morgan fingerprint density at radius 1 is 1.37 bits per heavy atom. The average Bonchev–Trinajstić information content (AvgIpc) is 3.43. The van der Waals surface area contributed by atoms with Crippen molar-refractivity contribution < 1.29 is 32.3 Å². The van der Waals surface area contributed by atoms with E-state index in [1.54, 1.807) is 13.0 Å². The van der Waals surface area contributed by atoms with Crippen molar-refractivity contribution in [2.45, 2.75) is 59.2 Å². The van der Waals surface area contributed by atoms with Gasteiger partial charge in [-0.2, -0.15) is 13.8 Å². The number of hydrogen-bond acceptors (Lipinski definition) is 6. The van der Waals surface area contributed by atoms with Crippen LogP contribution < -0.4 is 14.8 Å². The van der Waals surface area contributed by atoms with Crippen molar-refractivity contribution in [2.24, 2.45) is 16.8 Å². The third-order valence-electron chi connectivity index (χ3n) is 7.14. The molecule has 0 bridgehead atoms. The summed E-state index contributed by atoms with van der Waals surface area (Å²) in [5.74, 6) is -2.76. The van der Waals surface area contributed by atoms with Gasteiger partial charge in [0.25, 0.3) is 5.72 Å². The summed E-state index contributed by atoms with van der Waals surface area (Å²) in [6.07, 6.45) is 2.16. The standard InChI is InChI=1S/C25H30F2N4O4/c1-7-19(32)29-21-16(5)15(4)10-18(28-21)23(33)31-11-17-8-9-20(34-13-25(26,27)14(2)3)30-22(17)35-24(31,6)12-31/h8-10,15-16H,2,7,11-13H2,1,3-6H3/p+1. The van der Waals surface area contributed by atoms with Crippen molar-refractivity contribution in [3.63, 3.8) is 0 Å². The van der Waals surface area contributed by atoms with Gasteiger partial charge >= 0.3 is 11.8 Å². The van der Waals surface area contributed by atoms with E-state index >= 15 is 0 Å². The Kier molecular flexibility index (Phi) is 6.07. The summed E-state index contributed by atoms with van der Waals surface area (Å²) in [5.41, 5.74) is -0.174. The molecule has 1 fully saturated rings. The molecule has 3 aliphatic heterocycles. The van der Waals surface area contributed by atoms with Gasteiger partial charge in [0, 0.05) is 25.3 Å². The molecule has 1 aromatic heterocycles. The van der Waals surface area contributed by atoms with Gasteiger partial charge in [0.05, 0.1) is 5.56 Å². The zero-order valence-electron chi connectivity index (χ0n) is 20.7. The van der Waals surface area contributed by atoms with Crippen LogP contribution in [0.1, 0.15) is 46.6 Å². The number of amidine groups is 1. The van der Waals surface area contributed by atoms with Gasteiger partial charge in [-0.3, -0.25) is 4.79 Å². The number of ether oxygens (including phenoxy) is 2. The van der Waals surface area contributed by atoms with Gasteiger partial charge in [-0.05, 0) is 30.6 Å². The van der Waals surface area contributed by atoms with Crippen LogP contribution in [0.3, 0.4) is 0 Å². The number of pyridine rings is 1. The Bertz CT molecular complexity index is 1160. The molecule has 0 radical (unpaired) electrons. The van der Waals surface area contributed by atoms with Gasteiger partial charge < -0.3 is 14.8 Å². The van der Waals surface area contributed by atoms with Crippen molar-refractivity contribution in [3.8, 4) is 11.8 Å². The summed E-state index contributed by atoms with van der Waals surface area (Å²) in [5, 5.41) is 2.82. The van der Waals surface area contributed by atoms with Crippen LogP contribution in [0.2, 0.25) is 0 Å². The van der Waals surface area contributed by atoms with E-state index in [4.69, 9.17) is 9.47 Å². The van der Waals surface area contributed by atoms with Crippen molar-refractivity contribution in [3.05, 3.63) is 41.6 Å². The molecule has 4 unspecified atom stereocenters. The van der Waals surface area contributed by atoms with E-state index in [2.05, 4.69) is 21.9 Å². The number of aliphatic imine (C=N–C) groups is 1. The number of rotatable bonds is 6. The Balaban J connectivity index is 1.55. The zero-order chi connectivity index (χ0) is 25.8. The molecule has 2 amide bonds. The number of carbonyl (C=O) groups excluding carboxylic acids is 2. The molecule has 3 aliphatic rings. The van der Waals surface area contributed by atoms with Crippen LogP contribution in [-0.4, -0.2) is 51.9 Å². The minimum absolute atomic E-state index is 0.0129. The molecular weight excluding hydrogens is 458 g/mol. The fourth-order valence-electron chi connectivity index (χ4n) is 4.32. The third kappa shape index (κ3) is 4.35. The van der Waals surface area contributed by atoms with Gasteiger partial charge in [-0.25, -0.2) is 14.3 Å². The molecule has 1 saturated heterocycles. The number of aromatic nitrogens is 1. The second-order valence-corrected chi connectivity index (χ2v) is 9.85. The quantitative estimate of drug-likeness (QED) is 0.374. The lowest BCUT2D eigenvalue weighted by Crippen LogP contribution is -2.47. The number of halogens is 2. The highest BCUT2D eigenvalue weighted by molar-refractivity contribution is 6.03. The Hall–Kier alpha value is -3.14. The summed E-state index contributed by atoms with van der Waals surface area (Å²) in [7, 11) is 0. The number of hydrogen-bond donors (Lipinski definition) is 1. The number of amides is 2. The summed E-state index contributed by atoms with van der Waals surface area (Å²) in [6.45, 7) is 11.9. The lowest BCUT2D eigenvalue weighted by Gasteiger charge is -2.30. The van der Waals surface area contributed by atoms with E-state index in [0.717, 1.165) is 0 Å². The number of alkyl halides is 2. The van der Waals surface area contributed by atoms with Gasteiger partial charge in [0.2, 0.25) is 17.7 Å². The Morgan fingerprint density at radius 2 is 2.09 bits per heavy atom. The molecule has 8 nitrogen and oxygen atoms in total. The molecule has 10 heteroatoms. The normalized spacial score (nSPS) is 29.0. The molecular formula is C25H31F2N4O4+. The molecule has 0 aliphatic carbocycles. The molecule has 0 spiro atoms. The first-order valence-corrected chi connectivity index (χ1v) is 11.7. The Labute approximate surface area is 203 Å². The van der Waals surface area contributed by atoms with Crippen LogP contribution in [0.25, 0.3) is 0 Å². The van der Waals surface area contributed by atoms with Crippen molar-refractivity contribution >= 4 is 17.6 Å². The highest BCUT2D eigenvalue weighted by Gasteiger charge is 2.76. The summed E-state index contributed by atoms with van der Waals surface area (Å²) >= 11 is 0. The van der Waals surface area contributed by atoms with Crippen molar-refractivity contribution in [1.29, 1.82) is 0 Å². The number of quaternary nitrogens is 1. The number of nitrogens with one attached hydrogen (secondary N) is 1. The molecule has 4 atom stereocenters. The minimum Gasteiger partial charge on any atom is -0.471 e. The maximum absolute atomic E-state index is 13.8. The maximum Gasteiger partial charge on any atom is 0.368 e. The summed E-state index contributed by atoms with van der Waals surface area (Å²) < 4.78 is 38.9. The lowest BCUT2D eigenvalue weighted by atomic mass is 9.91. The second-order valence-electron chi connectivity index (χ2n) is 9.85. The predicted molar refractivity (Wildman–Crippen MR) is 125 cm³/mol. The van der Waals surface area contributed by atoms with Crippen molar-refractivity contribution in [1.82, 2.24) is 10.3 Å². The largest absolute Gasteiger partial charge is 0.471 e. The van der Waals surface area contributed by atoms with E-state index < -0.39 is 18.3 Å². The fourth-order valence-corrected chi connectivity index (χ4v) is 4.32. The molecule has 1 N–H and O–H groups in total. The zero-order valence-corrected chi connectivity index (χ0v) is 20.7. The first-order valence-electron chi connectivity index (χ1n) is 11.7. The van der Waals surface area contributed by atoms with Crippen LogP contribution in [0.5, 0.6) is 11.8 Å². The van der Waals surface area contributed by atoms with E-state index in [9.17, 15) is 18.4 Å². The predicted octanol–water partition coefficient (Wildman–Crippen LogP) is 3.73. The number of carbonyl (C=O) groups is 2. The summed E-state index contributed by atoms with van der Waals surface area (Å²) in [4.78, 5) is 34.4. The van der Waals surface area contributed by atoms with Crippen LogP contribution in [0.15, 0.2) is 41.1 Å². The van der Waals surface area contributed by atoms with Gasteiger partial charge in [0.1, 0.15) is 12.4 Å². The molecule has 0 aromatic carbocycles. The molecule has 1 aromatic rings. The van der Waals surface area contributed by atoms with E-state index in [-0.39, 0.29) is 45.5 Å². The molecule has 4 heterocycles. The molecule has 4 rings (SSSR count). The monoisotopic (exact) mass is 489 g/mol. The van der Waals surface area contributed by atoms with Crippen LogP contribution in [-0.2, 0) is 16.1 Å². The SMILES string of the molecule is C=C(C)C(F)(F)COc1ccc2c(n1)OC1(C)C[N+]1(C(=O)C1=CC(C)C(C)C(NC(=O)CC)=N1)C2. The first kappa shape index (κ1) is 25.0. The minimum atomic E-state index is -3.17. The lowest BCUT2D eigenvalue weighted by molar-refractivity contribution is -0.782. The molecule has 0 saturated carbocycles. The summed E-state index contributed by atoms with van der Waals surface area (Å²) in [6, 6.07) is 3.17. The van der Waals surface area contributed by atoms with Crippen LogP contribution in [0, 0.1) is 11.8 Å². The van der Waals surface area contributed by atoms with Gasteiger partial charge in [0.15, 0.2) is 18.8 Å². The van der Waals surface area contributed by atoms with Gasteiger partial charge in [-0.15, -0.1) is 0 Å². The first-order chi connectivity index (χ1) is 16.3. The van der Waals surface area contributed by atoms with Crippen molar-refractivity contribution in [2.75, 3.05) is 13.2 Å². The molecule has 35 heavy (non-hydrogen) atoms. The third-order valence-corrected chi connectivity index (χ3v) is 7.14. The smallest absolute Gasteiger partial charge is 0.368 e. The maximum atomic E-state index is 13.8. The topological polar surface area (TPSA) is 89.9 Å². The fraction of sp³-hybridized carbons (Fsp3) is 0.520. The highest BCUT2D eigenvalue weighted by Crippen LogP contribution is 2.52. The van der Waals surface area contributed by atoms with Gasteiger partial charge in [-0.1, -0.05) is 27.4 Å². The Morgan fingerprint density at radius 3 is 2.74 bits per heavy atom. The number of allylic oxidation sites excluding steroid dienone is 1. The highest BCUT2D eigenvalue weighted by atomic mass is 19.3. The number of nitrogens with zero attached hydrogens (tertiary/aromatic N) is 3. The van der Waals surface area contributed by atoms with E-state index in [1.165, 1.54) is 13.0 Å². The van der Waals surface area contributed by atoms with E-state index in [0.29, 0.717) is 36.6 Å². The van der Waals surface area contributed by atoms with Crippen LogP contribution >= 0.6 is 0 Å². The second kappa shape index (κ2) is 8.51. The van der Waals surface area contributed by atoms with Crippen LogP contribution in [0.4, 0.5) is 8.78 Å². The molecule has 188 valence electrons.